The second-order valence-corrected chi connectivity index (χ2v) is 8.26. The van der Waals surface area contributed by atoms with E-state index < -0.39 is 0 Å². The molecule has 0 aliphatic carbocycles. The number of amides is 1. The van der Waals surface area contributed by atoms with Crippen LogP contribution in [0.5, 0.6) is 5.75 Å². The minimum Gasteiger partial charge on any atom is -0.496 e. The molecule has 4 rings (SSSR count). The highest BCUT2D eigenvalue weighted by Gasteiger charge is 2.31. The minimum atomic E-state index is -0.343. The summed E-state index contributed by atoms with van der Waals surface area (Å²) in [6.07, 6.45) is 2.14. The molecule has 1 unspecified atom stereocenters. The second-order valence-electron chi connectivity index (χ2n) is 7.19. The van der Waals surface area contributed by atoms with Crippen LogP contribution < -0.4 is 4.74 Å². The number of carbonyl (C=O) groups is 1. The molecule has 1 fully saturated rings. The number of methoxy groups -OCH3 is 1. The van der Waals surface area contributed by atoms with E-state index in [0.717, 1.165) is 53.8 Å². The minimum absolute atomic E-state index is 0.146. The average Bonchev–Trinajstić information content (AvgIpc) is 3.47. The van der Waals surface area contributed by atoms with Crippen LogP contribution in [0.2, 0.25) is 0 Å². The van der Waals surface area contributed by atoms with E-state index >= 15 is 0 Å². The predicted molar refractivity (Wildman–Crippen MR) is 119 cm³/mol. The van der Waals surface area contributed by atoms with Crippen molar-refractivity contribution in [3.8, 4) is 17.1 Å². The first-order chi connectivity index (χ1) is 14.7. The highest BCUT2D eigenvalue weighted by molar-refractivity contribution is 8.00. The van der Waals surface area contributed by atoms with Crippen LogP contribution in [0.1, 0.15) is 30.6 Å². The van der Waals surface area contributed by atoms with Crippen molar-refractivity contribution in [1.29, 1.82) is 0 Å². The van der Waals surface area contributed by atoms with Gasteiger partial charge in [-0.15, -0.1) is 10.2 Å². The second kappa shape index (κ2) is 9.34. The number of hydrogen-bond donors (Lipinski definition) is 0. The maximum Gasteiger partial charge on any atom is 0.240 e. The van der Waals surface area contributed by atoms with E-state index in [0.29, 0.717) is 6.54 Å². The molecule has 6 nitrogen and oxygen atoms in total. The van der Waals surface area contributed by atoms with Crippen molar-refractivity contribution in [3.05, 3.63) is 60.2 Å². The van der Waals surface area contributed by atoms with Gasteiger partial charge in [0.1, 0.15) is 11.0 Å². The molecular formula is C23H26N4O2S. The number of nitrogens with zero attached hydrogens (tertiary/aromatic N) is 4. The van der Waals surface area contributed by atoms with Gasteiger partial charge in [-0.05, 0) is 37.5 Å². The van der Waals surface area contributed by atoms with Gasteiger partial charge < -0.3 is 14.2 Å². The molecule has 156 valence electrons. The lowest BCUT2D eigenvalue weighted by molar-refractivity contribution is -0.129. The Morgan fingerprint density at radius 3 is 2.47 bits per heavy atom. The summed E-state index contributed by atoms with van der Waals surface area (Å²) >= 11 is 1.47. The third-order valence-electron chi connectivity index (χ3n) is 5.35. The van der Waals surface area contributed by atoms with E-state index in [4.69, 9.17) is 4.74 Å². The van der Waals surface area contributed by atoms with Gasteiger partial charge in [-0.25, -0.2) is 0 Å². The number of ether oxygens (including phenoxy) is 1. The summed E-state index contributed by atoms with van der Waals surface area (Å²) in [5, 5.41) is 9.31. The van der Waals surface area contributed by atoms with E-state index in [1.54, 1.807) is 7.11 Å². The monoisotopic (exact) mass is 422 g/mol. The van der Waals surface area contributed by atoms with E-state index in [1.165, 1.54) is 11.8 Å². The molecule has 2 aromatic carbocycles. The number of benzene rings is 2. The number of thioether (sulfide) groups is 1. The molecule has 30 heavy (non-hydrogen) atoms. The van der Waals surface area contributed by atoms with Gasteiger partial charge >= 0.3 is 0 Å². The zero-order valence-electron chi connectivity index (χ0n) is 17.3. The molecule has 0 bridgehead atoms. The topological polar surface area (TPSA) is 60.2 Å². The van der Waals surface area contributed by atoms with E-state index in [1.807, 2.05) is 59.5 Å². The smallest absolute Gasteiger partial charge is 0.240 e. The molecule has 1 saturated heterocycles. The summed E-state index contributed by atoms with van der Waals surface area (Å²) < 4.78 is 7.57. The summed E-state index contributed by atoms with van der Waals surface area (Å²) in [7, 11) is 1.65. The Labute approximate surface area is 181 Å². The lowest BCUT2D eigenvalue weighted by Crippen LogP contribution is -2.31. The molecule has 7 heteroatoms. The van der Waals surface area contributed by atoms with Gasteiger partial charge in [0.2, 0.25) is 5.91 Å². The molecule has 0 N–H and O–H groups in total. The van der Waals surface area contributed by atoms with E-state index in [9.17, 15) is 4.79 Å². The van der Waals surface area contributed by atoms with Crippen molar-refractivity contribution >= 4 is 17.7 Å². The van der Waals surface area contributed by atoms with Crippen LogP contribution in [0.3, 0.4) is 0 Å². The summed E-state index contributed by atoms with van der Waals surface area (Å²) in [5.41, 5.74) is 1.88. The Hall–Kier alpha value is -2.80. The van der Waals surface area contributed by atoms with E-state index in [-0.39, 0.29) is 11.2 Å². The number of para-hydroxylation sites is 1. The zero-order chi connectivity index (χ0) is 20.9. The first-order valence-corrected chi connectivity index (χ1v) is 11.2. The highest BCUT2D eigenvalue weighted by Crippen LogP contribution is 2.39. The molecule has 1 aliphatic heterocycles. The third-order valence-corrected chi connectivity index (χ3v) is 6.57. The number of carbonyl (C=O) groups excluding carboxylic acids is 1. The maximum absolute atomic E-state index is 13.4. The van der Waals surface area contributed by atoms with Gasteiger partial charge in [0.15, 0.2) is 11.0 Å². The number of likely N-dealkylation sites (tertiary alicyclic amines) is 1. The number of hydrogen-bond acceptors (Lipinski definition) is 5. The summed E-state index contributed by atoms with van der Waals surface area (Å²) in [6, 6.07) is 17.7. The lowest BCUT2D eigenvalue weighted by atomic mass is 10.1. The molecule has 1 aliphatic rings. The van der Waals surface area contributed by atoms with Crippen LogP contribution in [0.4, 0.5) is 0 Å². The Kier molecular flexibility index (Phi) is 6.38. The normalized spacial score (nSPS) is 14.7. The van der Waals surface area contributed by atoms with Crippen LogP contribution >= 0.6 is 11.8 Å². The van der Waals surface area contributed by atoms with Crippen molar-refractivity contribution in [2.75, 3.05) is 20.2 Å². The number of aromatic nitrogens is 3. The van der Waals surface area contributed by atoms with Crippen LogP contribution in [0.15, 0.2) is 59.8 Å². The SMILES string of the molecule is CCn1c(SC(C(=O)N2CCCC2)c2ccccc2)nnc1-c1ccccc1OC. The number of rotatable bonds is 7. The first kappa shape index (κ1) is 20.5. The lowest BCUT2D eigenvalue weighted by Gasteiger charge is -2.23. The van der Waals surface area contributed by atoms with Gasteiger partial charge in [0, 0.05) is 19.6 Å². The summed E-state index contributed by atoms with van der Waals surface area (Å²) in [5.74, 6) is 1.65. The van der Waals surface area contributed by atoms with Gasteiger partial charge in [0.05, 0.1) is 12.7 Å². The fraction of sp³-hybridized carbons (Fsp3) is 0.348. The Morgan fingerprint density at radius 2 is 1.77 bits per heavy atom. The molecule has 0 spiro atoms. The first-order valence-electron chi connectivity index (χ1n) is 10.3. The fourth-order valence-corrected chi connectivity index (χ4v) is 4.97. The third kappa shape index (κ3) is 4.07. The van der Waals surface area contributed by atoms with Gasteiger partial charge in [-0.2, -0.15) is 0 Å². The Morgan fingerprint density at radius 1 is 1.07 bits per heavy atom. The maximum atomic E-state index is 13.4. The average molecular weight is 423 g/mol. The highest BCUT2D eigenvalue weighted by atomic mass is 32.2. The summed E-state index contributed by atoms with van der Waals surface area (Å²) in [6.45, 7) is 4.42. The molecule has 1 atom stereocenters. The van der Waals surface area contributed by atoms with Gasteiger partial charge in [0.25, 0.3) is 0 Å². The van der Waals surface area contributed by atoms with Crippen molar-refractivity contribution < 1.29 is 9.53 Å². The van der Waals surface area contributed by atoms with Gasteiger partial charge in [-0.3, -0.25) is 4.79 Å². The zero-order valence-corrected chi connectivity index (χ0v) is 18.1. The Balaban J connectivity index is 1.70. The van der Waals surface area contributed by atoms with Crippen LogP contribution in [-0.4, -0.2) is 45.8 Å². The molecular weight excluding hydrogens is 396 g/mol. The van der Waals surface area contributed by atoms with E-state index in [2.05, 4.69) is 21.7 Å². The van der Waals surface area contributed by atoms with Crippen molar-refractivity contribution in [3.63, 3.8) is 0 Å². The quantitative estimate of drug-likeness (QED) is 0.527. The van der Waals surface area contributed by atoms with Gasteiger partial charge in [-0.1, -0.05) is 54.2 Å². The van der Waals surface area contributed by atoms with Crippen molar-refractivity contribution in [2.24, 2.45) is 0 Å². The molecule has 1 amide bonds. The fourth-order valence-electron chi connectivity index (χ4n) is 3.79. The molecule has 3 aromatic rings. The van der Waals surface area contributed by atoms with Crippen LogP contribution in [0.25, 0.3) is 11.4 Å². The Bertz CT molecular complexity index is 999. The molecule has 2 heterocycles. The van der Waals surface area contributed by atoms with Crippen LogP contribution in [-0.2, 0) is 11.3 Å². The summed E-state index contributed by atoms with van der Waals surface area (Å²) in [4.78, 5) is 15.3. The molecule has 1 aromatic heterocycles. The predicted octanol–water partition coefficient (Wildman–Crippen LogP) is 4.43. The van der Waals surface area contributed by atoms with Crippen molar-refractivity contribution in [2.45, 2.75) is 36.7 Å². The molecule has 0 radical (unpaired) electrons. The molecule has 0 saturated carbocycles. The van der Waals surface area contributed by atoms with Crippen LogP contribution in [0, 0.1) is 0 Å². The van der Waals surface area contributed by atoms with Crippen molar-refractivity contribution in [1.82, 2.24) is 19.7 Å². The largest absolute Gasteiger partial charge is 0.496 e. The standard InChI is InChI=1S/C23H26N4O2S/c1-3-27-21(18-13-7-8-14-19(18)29-2)24-25-23(27)30-20(17-11-5-4-6-12-17)22(28)26-15-9-10-16-26/h4-8,11-14,20H,3,9-10,15-16H2,1-2H3.